The zero-order valence-corrected chi connectivity index (χ0v) is 11.9. The second-order valence-electron chi connectivity index (χ2n) is 4.89. The van der Waals surface area contributed by atoms with Crippen LogP contribution in [-0.4, -0.2) is 31.4 Å². The van der Waals surface area contributed by atoms with E-state index in [1.54, 1.807) is 12.1 Å². The Bertz CT molecular complexity index is 491. The first-order valence-electron chi connectivity index (χ1n) is 6.39. The topological polar surface area (TPSA) is 75.4 Å². The van der Waals surface area contributed by atoms with Crippen molar-refractivity contribution in [3.8, 4) is 0 Å². The Morgan fingerprint density at radius 1 is 1.35 bits per heavy atom. The van der Waals surface area contributed by atoms with Gasteiger partial charge in [0.15, 0.2) is 0 Å². The standard InChI is InChI=1S/C14H20FN3O2/c1-9(2)13(16)14(20)17-8-12(19)18(3)11-7-5-4-6-10(11)15/h4-7,9,13H,8,16H2,1-3H3,(H,17,20)/t13-/m0/s1. The number of nitrogens with zero attached hydrogens (tertiary/aromatic N) is 1. The maximum atomic E-state index is 13.5. The predicted octanol–water partition coefficient (Wildman–Crippen LogP) is 0.888. The molecular weight excluding hydrogens is 261 g/mol. The van der Waals surface area contributed by atoms with Gasteiger partial charge in [0.05, 0.1) is 18.3 Å². The highest BCUT2D eigenvalue weighted by Gasteiger charge is 2.19. The van der Waals surface area contributed by atoms with E-state index in [1.807, 2.05) is 13.8 Å². The Balaban J connectivity index is 2.60. The van der Waals surface area contributed by atoms with E-state index in [-0.39, 0.29) is 18.2 Å². The van der Waals surface area contributed by atoms with Crippen molar-refractivity contribution in [3.05, 3.63) is 30.1 Å². The van der Waals surface area contributed by atoms with Crippen LogP contribution < -0.4 is 16.0 Å². The van der Waals surface area contributed by atoms with E-state index in [9.17, 15) is 14.0 Å². The van der Waals surface area contributed by atoms with E-state index in [1.165, 1.54) is 19.2 Å². The third-order valence-electron chi connectivity index (χ3n) is 3.02. The van der Waals surface area contributed by atoms with Crippen LogP contribution in [0.5, 0.6) is 0 Å². The van der Waals surface area contributed by atoms with E-state index < -0.39 is 23.7 Å². The van der Waals surface area contributed by atoms with Crippen LogP contribution in [0.1, 0.15) is 13.8 Å². The molecule has 0 bridgehead atoms. The van der Waals surface area contributed by atoms with E-state index in [0.29, 0.717) is 0 Å². The minimum atomic E-state index is -0.665. The van der Waals surface area contributed by atoms with E-state index in [2.05, 4.69) is 5.32 Å². The van der Waals surface area contributed by atoms with Crippen LogP contribution in [0.15, 0.2) is 24.3 Å². The van der Waals surface area contributed by atoms with Gasteiger partial charge in [0.1, 0.15) is 5.82 Å². The molecule has 2 amide bonds. The van der Waals surface area contributed by atoms with Crippen LogP contribution in [0.2, 0.25) is 0 Å². The van der Waals surface area contributed by atoms with Crippen LogP contribution in [0, 0.1) is 11.7 Å². The average Bonchev–Trinajstić information content (AvgIpc) is 2.43. The van der Waals surface area contributed by atoms with Gasteiger partial charge in [-0.05, 0) is 18.1 Å². The summed E-state index contributed by atoms with van der Waals surface area (Å²) in [5.41, 5.74) is 5.83. The number of halogens is 1. The Morgan fingerprint density at radius 2 is 1.95 bits per heavy atom. The lowest BCUT2D eigenvalue weighted by atomic mass is 10.1. The van der Waals surface area contributed by atoms with Gasteiger partial charge in [-0.3, -0.25) is 9.59 Å². The van der Waals surface area contributed by atoms with E-state index in [0.717, 1.165) is 4.90 Å². The summed E-state index contributed by atoms with van der Waals surface area (Å²) in [6, 6.07) is 5.28. The zero-order chi connectivity index (χ0) is 15.3. The number of para-hydroxylation sites is 1. The highest BCUT2D eigenvalue weighted by molar-refractivity contribution is 5.96. The van der Waals surface area contributed by atoms with Crippen LogP contribution >= 0.6 is 0 Å². The summed E-state index contributed by atoms with van der Waals surface area (Å²) < 4.78 is 13.5. The molecule has 1 atom stereocenters. The van der Waals surface area contributed by atoms with Gasteiger partial charge < -0.3 is 16.0 Å². The summed E-state index contributed by atoms with van der Waals surface area (Å²) in [5.74, 6) is -1.32. The molecule has 0 fully saturated rings. The van der Waals surface area contributed by atoms with Gasteiger partial charge in [0, 0.05) is 7.05 Å². The lowest BCUT2D eigenvalue weighted by molar-refractivity contribution is -0.126. The number of benzene rings is 1. The molecule has 1 aromatic carbocycles. The summed E-state index contributed by atoms with van der Waals surface area (Å²) in [6.45, 7) is 3.42. The fraction of sp³-hybridized carbons (Fsp3) is 0.429. The minimum Gasteiger partial charge on any atom is -0.346 e. The number of hydrogen-bond donors (Lipinski definition) is 2. The van der Waals surface area contributed by atoms with Crippen molar-refractivity contribution in [1.82, 2.24) is 5.32 Å². The Labute approximate surface area is 117 Å². The first-order chi connectivity index (χ1) is 9.34. The monoisotopic (exact) mass is 281 g/mol. The molecule has 6 heteroatoms. The summed E-state index contributed by atoms with van der Waals surface area (Å²) >= 11 is 0. The van der Waals surface area contributed by atoms with Gasteiger partial charge in [0.2, 0.25) is 11.8 Å². The number of likely N-dealkylation sites (N-methyl/N-ethyl adjacent to an activating group) is 1. The molecule has 1 aromatic rings. The van der Waals surface area contributed by atoms with Gasteiger partial charge >= 0.3 is 0 Å². The van der Waals surface area contributed by atoms with E-state index in [4.69, 9.17) is 5.73 Å². The van der Waals surface area contributed by atoms with Crippen molar-refractivity contribution >= 4 is 17.5 Å². The molecule has 0 aliphatic heterocycles. The molecule has 0 aliphatic rings. The van der Waals surface area contributed by atoms with Gasteiger partial charge in [-0.2, -0.15) is 0 Å². The number of hydrogen-bond acceptors (Lipinski definition) is 3. The summed E-state index contributed by atoms with van der Waals surface area (Å²) in [7, 11) is 1.45. The smallest absolute Gasteiger partial charge is 0.246 e. The van der Waals surface area contributed by atoms with Gasteiger partial charge in [0.25, 0.3) is 0 Å². The second-order valence-corrected chi connectivity index (χ2v) is 4.89. The lowest BCUT2D eigenvalue weighted by Gasteiger charge is -2.20. The molecule has 110 valence electrons. The Hall–Kier alpha value is -1.95. The number of nitrogens with two attached hydrogens (primary N) is 1. The molecule has 0 aliphatic carbocycles. The molecule has 1 rings (SSSR count). The van der Waals surface area contributed by atoms with Gasteiger partial charge in [-0.1, -0.05) is 26.0 Å². The third kappa shape index (κ3) is 4.03. The largest absolute Gasteiger partial charge is 0.346 e. The first kappa shape index (κ1) is 16.1. The maximum absolute atomic E-state index is 13.5. The van der Waals surface area contributed by atoms with Gasteiger partial charge in [-0.15, -0.1) is 0 Å². The molecule has 0 aromatic heterocycles. The fourth-order valence-corrected chi connectivity index (χ4v) is 1.56. The molecule has 20 heavy (non-hydrogen) atoms. The Kier molecular flexibility index (Phi) is 5.64. The minimum absolute atomic E-state index is 0.0191. The maximum Gasteiger partial charge on any atom is 0.246 e. The van der Waals surface area contributed by atoms with Gasteiger partial charge in [-0.25, -0.2) is 4.39 Å². The number of carbonyl (C=O) groups is 2. The summed E-state index contributed by atoms with van der Waals surface area (Å²) in [4.78, 5) is 24.7. The van der Waals surface area contributed by atoms with Crippen LogP contribution in [-0.2, 0) is 9.59 Å². The summed E-state index contributed by atoms with van der Waals surface area (Å²) in [5, 5.41) is 2.46. The number of nitrogens with one attached hydrogen (secondary N) is 1. The molecule has 0 heterocycles. The number of carbonyl (C=O) groups excluding carboxylic acids is 2. The predicted molar refractivity (Wildman–Crippen MR) is 75.6 cm³/mol. The number of amides is 2. The zero-order valence-electron chi connectivity index (χ0n) is 11.9. The highest BCUT2D eigenvalue weighted by Crippen LogP contribution is 2.16. The van der Waals surface area contributed by atoms with Crippen molar-refractivity contribution in [2.75, 3.05) is 18.5 Å². The lowest BCUT2D eigenvalue weighted by Crippen LogP contribution is -2.47. The fourth-order valence-electron chi connectivity index (χ4n) is 1.56. The van der Waals surface area contributed by atoms with Crippen molar-refractivity contribution < 1.29 is 14.0 Å². The number of rotatable bonds is 5. The molecule has 0 saturated heterocycles. The SMILES string of the molecule is CC(C)[C@H](N)C(=O)NCC(=O)N(C)c1ccccc1F. The molecule has 5 nitrogen and oxygen atoms in total. The molecule has 0 unspecified atom stereocenters. The van der Waals surface area contributed by atoms with Crippen LogP contribution in [0.3, 0.4) is 0 Å². The number of anilines is 1. The van der Waals surface area contributed by atoms with Crippen molar-refractivity contribution in [2.24, 2.45) is 11.7 Å². The van der Waals surface area contributed by atoms with Crippen molar-refractivity contribution in [1.29, 1.82) is 0 Å². The van der Waals surface area contributed by atoms with Crippen LogP contribution in [0.4, 0.5) is 10.1 Å². The second kappa shape index (κ2) is 7.00. The molecule has 0 radical (unpaired) electrons. The van der Waals surface area contributed by atoms with Crippen molar-refractivity contribution in [3.63, 3.8) is 0 Å². The first-order valence-corrected chi connectivity index (χ1v) is 6.39. The normalized spacial score (nSPS) is 12.1. The molecule has 0 saturated carbocycles. The van der Waals surface area contributed by atoms with E-state index >= 15 is 0 Å². The van der Waals surface area contributed by atoms with Crippen molar-refractivity contribution in [2.45, 2.75) is 19.9 Å². The molecule has 0 spiro atoms. The summed E-state index contributed by atoms with van der Waals surface area (Å²) in [6.07, 6.45) is 0. The average molecular weight is 281 g/mol. The quantitative estimate of drug-likeness (QED) is 0.841. The Morgan fingerprint density at radius 3 is 2.50 bits per heavy atom. The third-order valence-corrected chi connectivity index (χ3v) is 3.02. The molecular formula is C14H20FN3O2. The van der Waals surface area contributed by atoms with Crippen LogP contribution in [0.25, 0.3) is 0 Å². The molecule has 3 N–H and O–H groups in total. The highest BCUT2D eigenvalue weighted by atomic mass is 19.1.